The quantitative estimate of drug-likeness (QED) is 0.648. The zero-order valence-electron chi connectivity index (χ0n) is 11.3. The Morgan fingerprint density at radius 2 is 2.00 bits per heavy atom. The smallest absolute Gasteiger partial charge is 0.341 e. The maximum Gasteiger partial charge on any atom is 0.341 e. The molecule has 0 unspecified atom stereocenters. The highest BCUT2D eigenvalue weighted by Gasteiger charge is 2.29. The molecule has 1 aromatic carbocycles. The first-order chi connectivity index (χ1) is 8.87. The Balaban J connectivity index is 2.00. The third-order valence-electron chi connectivity index (χ3n) is 3.73. The van der Waals surface area contributed by atoms with Crippen LogP contribution in [0.4, 0.5) is 4.39 Å². The summed E-state index contributed by atoms with van der Waals surface area (Å²) in [7, 11) is 0. The molecule has 0 radical (unpaired) electrons. The molecule has 0 aliphatic heterocycles. The molecule has 0 bridgehead atoms. The van der Waals surface area contributed by atoms with Gasteiger partial charge in [-0.25, -0.2) is 9.18 Å². The van der Waals surface area contributed by atoms with Gasteiger partial charge in [0, 0.05) is 4.90 Å². The first kappa shape index (κ1) is 14.4. The third-order valence-corrected chi connectivity index (χ3v) is 4.01. The number of benzene rings is 1. The van der Waals surface area contributed by atoms with Crippen molar-refractivity contribution < 1.29 is 13.9 Å². The van der Waals surface area contributed by atoms with Gasteiger partial charge in [-0.1, -0.05) is 13.8 Å². The zero-order chi connectivity index (χ0) is 14.0. The van der Waals surface area contributed by atoms with E-state index in [4.69, 9.17) is 4.74 Å². The summed E-state index contributed by atoms with van der Waals surface area (Å²) in [6.07, 6.45) is 3.66. The number of carbonyl (C=O) groups is 1. The van der Waals surface area contributed by atoms with Crippen molar-refractivity contribution in [3.05, 3.63) is 29.6 Å². The predicted octanol–water partition coefficient (Wildman–Crippen LogP) is 4.24. The number of esters is 1. The number of thiol groups is 1. The van der Waals surface area contributed by atoms with E-state index in [1.807, 2.05) is 0 Å². The van der Waals surface area contributed by atoms with Crippen molar-refractivity contribution in [2.75, 3.05) is 0 Å². The Morgan fingerprint density at radius 1 is 1.37 bits per heavy atom. The summed E-state index contributed by atoms with van der Waals surface area (Å²) in [4.78, 5) is 12.5. The van der Waals surface area contributed by atoms with E-state index in [1.165, 1.54) is 18.2 Å². The molecule has 1 saturated carbocycles. The molecule has 0 heterocycles. The molecule has 104 valence electrons. The molecule has 1 aliphatic carbocycles. The van der Waals surface area contributed by atoms with E-state index in [0.29, 0.717) is 10.3 Å². The van der Waals surface area contributed by atoms with Gasteiger partial charge >= 0.3 is 5.97 Å². The molecule has 1 aromatic rings. The van der Waals surface area contributed by atoms with Crippen molar-refractivity contribution in [3.63, 3.8) is 0 Å². The van der Waals surface area contributed by atoms with E-state index in [2.05, 4.69) is 26.5 Å². The number of carbonyl (C=O) groups excluding carboxylic acids is 1. The Hall–Kier alpha value is -1.03. The Kier molecular flexibility index (Phi) is 4.19. The third kappa shape index (κ3) is 3.72. The Labute approximate surface area is 118 Å². The second-order valence-corrected chi connectivity index (χ2v) is 6.45. The van der Waals surface area contributed by atoms with Crippen LogP contribution in [0.15, 0.2) is 23.1 Å². The minimum atomic E-state index is -0.585. The largest absolute Gasteiger partial charge is 0.459 e. The Morgan fingerprint density at radius 3 is 2.63 bits per heavy atom. The number of halogens is 1. The fourth-order valence-electron chi connectivity index (χ4n) is 2.38. The van der Waals surface area contributed by atoms with Gasteiger partial charge in [0.15, 0.2) is 0 Å². The second kappa shape index (κ2) is 5.53. The molecule has 0 aromatic heterocycles. The van der Waals surface area contributed by atoms with Gasteiger partial charge in [-0.3, -0.25) is 0 Å². The molecule has 0 amide bonds. The number of rotatable bonds is 2. The van der Waals surface area contributed by atoms with Crippen LogP contribution in [0.1, 0.15) is 49.9 Å². The minimum absolute atomic E-state index is 0.0302. The lowest BCUT2D eigenvalue weighted by Gasteiger charge is -2.33. The summed E-state index contributed by atoms with van der Waals surface area (Å²) in [6.45, 7) is 4.43. The van der Waals surface area contributed by atoms with Crippen LogP contribution >= 0.6 is 12.6 Å². The average Bonchev–Trinajstić information content (AvgIpc) is 2.35. The van der Waals surface area contributed by atoms with Crippen LogP contribution in [0.3, 0.4) is 0 Å². The van der Waals surface area contributed by atoms with Crippen LogP contribution < -0.4 is 0 Å². The maximum absolute atomic E-state index is 13.6. The number of hydrogen-bond acceptors (Lipinski definition) is 3. The SMILES string of the molecule is CC1(C)CCC(OC(=O)c2cc(S)ccc2F)CC1. The summed E-state index contributed by atoms with van der Waals surface area (Å²) >= 11 is 4.11. The topological polar surface area (TPSA) is 26.3 Å². The molecule has 4 heteroatoms. The van der Waals surface area contributed by atoms with E-state index in [0.717, 1.165) is 25.7 Å². The van der Waals surface area contributed by atoms with Crippen LogP contribution in [0.5, 0.6) is 0 Å². The normalized spacial score (nSPS) is 19.2. The summed E-state index contributed by atoms with van der Waals surface area (Å²) in [6, 6.07) is 4.16. The van der Waals surface area contributed by atoms with E-state index < -0.39 is 11.8 Å². The van der Waals surface area contributed by atoms with Gasteiger partial charge in [0.1, 0.15) is 11.9 Å². The van der Waals surface area contributed by atoms with E-state index in [-0.39, 0.29) is 11.7 Å². The monoisotopic (exact) mass is 282 g/mol. The Bertz CT molecular complexity index is 475. The van der Waals surface area contributed by atoms with E-state index in [9.17, 15) is 9.18 Å². The summed E-state index contributed by atoms with van der Waals surface area (Å²) in [5, 5.41) is 0. The fraction of sp³-hybridized carbons (Fsp3) is 0.533. The highest BCUT2D eigenvalue weighted by molar-refractivity contribution is 7.80. The van der Waals surface area contributed by atoms with Gasteiger partial charge in [-0.2, -0.15) is 0 Å². The van der Waals surface area contributed by atoms with Crippen molar-refractivity contribution >= 4 is 18.6 Å². The molecular formula is C15H19FO2S. The minimum Gasteiger partial charge on any atom is -0.459 e. The van der Waals surface area contributed by atoms with Crippen LogP contribution in [-0.2, 0) is 4.74 Å². The lowest BCUT2D eigenvalue weighted by Crippen LogP contribution is -2.28. The summed E-state index contributed by atoms with van der Waals surface area (Å²) < 4.78 is 19.0. The molecule has 1 fully saturated rings. The van der Waals surface area contributed by atoms with Crippen molar-refractivity contribution in [3.8, 4) is 0 Å². The van der Waals surface area contributed by atoms with Crippen molar-refractivity contribution in [1.82, 2.24) is 0 Å². The van der Waals surface area contributed by atoms with Crippen molar-refractivity contribution in [1.29, 1.82) is 0 Å². The van der Waals surface area contributed by atoms with Gasteiger partial charge in [0.2, 0.25) is 0 Å². The highest BCUT2D eigenvalue weighted by Crippen LogP contribution is 2.36. The van der Waals surface area contributed by atoms with Crippen molar-refractivity contribution in [2.45, 2.75) is 50.5 Å². The lowest BCUT2D eigenvalue weighted by atomic mass is 9.76. The van der Waals surface area contributed by atoms with Crippen LogP contribution in [0.25, 0.3) is 0 Å². The van der Waals surface area contributed by atoms with Crippen LogP contribution in [0.2, 0.25) is 0 Å². The standard InChI is InChI=1S/C15H19FO2S/c1-15(2)7-5-10(6-8-15)18-14(17)12-9-11(19)3-4-13(12)16/h3-4,9-10,19H,5-8H2,1-2H3. The average molecular weight is 282 g/mol. The predicted molar refractivity (Wildman–Crippen MR) is 75.1 cm³/mol. The fourth-order valence-corrected chi connectivity index (χ4v) is 2.58. The van der Waals surface area contributed by atoms with Gasteiger partial charge in [0.25, 0.3) is 0 Å². The number of ether oxygens (including phenoxy) is 1. The van der Waals surface area contributed by atoms with Crippen LogP contribution in [-0.4, -0.2) is 12.1 Å². The molecule has 2 nitrogen and oxygen atoms in total. The molecule has 1 aliphatic rings. The van der Waals surface area contributed by atoms with Gasteiger partial charge in [0.05, 0.1) is 5.56 Å². The molecule has 0 spiro atoms. The first-order valence-corrected chi connectivity index (χ1v) is 7.02. The highest BCUT2D eigenvalue weighted by atomic mass is 32.1. The summed E-state index contributed by atoms with van der Waals surface area (Å²) in [5.74, 6) is -1.14. The van der Waals surface area contributed by atoms with Gasteiger partial charge in [-0.15, -0.1) is 12.6 Å². The van der Waals surface area contributed by atoms with E-state index >= 15 is 0 Å². The van der Waals surface area contributed by atoms with Gasteiger partial charge < -0.3 is 4.74 Å². The van der Waals surface area contributed by atoms with Gasteiger partial charge in [-0.05, 0) is 49.3 Å². The second-order valence-electron chi connectivity index (χ2n) is 5.93. The summed E-state index contributed by atoms with van der Waals surface area (Å²) in [5.41, 5.74) is 0.288. The van der Waals surface area contributed by atoms with Crippen molar-refractivity contribution in [2.24, 2.45) is 5.41 Å². The van der Waals surface area contributed by atoms with E-state index in [1.54, 1.807) is 0 Å². The zero-order valence-corrected chi connectivity index (χ0v) is 12.2. The number of hydrogen-bond donors (Lipinski definition) is 1. The molecule has 0 N–H and O–H groups in total. The molecule has 2 rings (SSSR count). The molecule has 0 atom stereocenters. The first-order valence-electron chi connectivity index (χ1n) is 6.57. The maximum atomic E-state index is 13.6. The van der Waals surface area contributed by atoms with Crippen LogP contribution in [0, 0.1) is 11.2 Å². The lowest BCUT2D eigenvalue weighted by molar-refractivity contribution is 0.00904. The molecule has 0 saturated heterocycles. The molecule has 19 heavy (non-hydrogen) atoms. The molecular weight excluding hydrogens is 263 g/mol.